The number of halogens is 1. The molecule has 0 saturated heterocycles. The standard InChI is InChI=1S/C20H18ClN5O/c1-12-7-9-14(10-8-12)18-24-19(23-16-6-4-3-5-15(16)21)25-20-22-13(2)11-17(27)26(18)20/h3-11,18H,1-2H3,(H2,22,23,24,25)/t18-/m1/s1. The summed E-state index contributed by atoms with van der Waals surface area (Å²) in [4.78, 5) is 21.8. The Hall–Kier alpha value is -3.12. The number of aryl methyl sites for hydroxylation is 2. The first-order valence-corrected chi connectivity index (χ1v) is 8.92. The van der Waals surface area contributed by atoms with Crippen LogP contribution in [0.2, 0.25) is 5.02 Å². The van der Waals surface area contributed by atoms with Crippen molar-refractivity contribution >= 4 is 29.2 Å². The number of benzene rings is 2. The van der Waals surface area contributed by atoms with Gasteiger partial charge in [0, 0.05) is 11.8 Å². The molecule has 0 spiro atoms. The predicted octanol–water partition coefficient (Wildman–Crippen LogP) is 3.95. The maximum absolute atomic E-state index is 12.6. The van der Waals surface area contributed by atoms with Crippen LogP contribution < -0.4 is 16.2 Å². The number of aliphatic imine (C=N–C) groups is 1. The number of nitrogens with zero attached hydrogens (tertiary/aromatic N) is 3. The Labute approximate surface area is 161 Å². The molecule has 2 aromatic carbocycles. The van der Waals surface area contributed by atoms with Crippen LogP contribution in [0.25, 0.3) is 0 Å². The van der Waals surface area contributed by atoms with Crippen molar-refractivity contribution in [1.82, 2.24) is 9.55 Å². The minimum Gasteiger partial charge on any atom is -0.325 e. The molecule has 2 N–H and O–H groups in total. The molecule has 1 atom stereocenters. The zero-order valence-electron chi connectivity index (χ0n) is 14.9. The van der Waals surface area contributed by atoms with E-state index in [9.17, 15) is 4.79 Å². The van der Waals surface area contributed by atoms with Crippen molar-refractivity contribution < 1.29 is 0 Å². The number of guanidine groups is 1. The first-order valence-electron chi connectivity index (χ1n) is 8.54. The molecule has 136 valence electrons. The molecule has 0 saturated carbocycles. The number of anilines is 2. The van der Waals surface area contributed by atoms with Crippen LogP contribution in [0.1, 0.15) is 23.0 Å². The summed E-state index contributed by atoms with van der Waals surface area (Å²) in [7, 11) is 0. The molecule has 7 heteroatoms. The third kappa shape index (κ3) is 3.44. The fourth-order valence-corrected chi connectivity index (χ4v) is 3.15. The van der Waals surface area contributed by atoms with Gasteiger partial charge < -0.3 is 5.32 Å². The van der Waals surface area contributed by atoms with E-state index in [1.165, 1.54) is 6.07 Å². The Bertz CT molecular complexity index is 1090. The van der Waals surface area contributed by atoms with Crippen molar-refractivity contribution in [2.24, 2.45) is 4.99 Å². The van der Waals surface area contributed by atoms with Crippen molar-refractivity contribution in [3.8, 4) is 0 Å². The molecule has 6 nitrogen and oxygen atoms in total. The molecule has 0 fully saturated rings. The molecule has 1 aromatic heterocycles. The van der Waals surface area contributed by atoms with Crippen LogP contribution in [0.15, 0.2) is 64.4 Å². The number of para-hydroxylation sites is 1. The number of nitrogens with one attached hydrogen (secondary N) is 2. The predicted molar refractivity (Wildman–Crippen MR) is 109 cm³/mol. The van der Waals surface area contributed by atoms with Gasteiger partial charge in [-0.05, 0) is 31.5 Å². The molecule has 1 aliphatic rings. The molecule has 0 aliphatic carbocycles. The summed E-state index contributed by atoms with van der Waals surface area (Å²) in [6.07, 6.45) is -0.521. The quantitative estimate of drug-likeness (QED) is 0.707. The zero-order chi connectivity index (χ0) is 19.0. The fraction of sp³-hybridized carbons (Fsp3) is 0.150. The topological polar surface area (TPSA) is 71.3 Å². The normalized spacial score (nSPS) is 15.5. The van der Waals surface area contributed by atoms with E-state index >= 15 is 0 Å². The molecule has 0 amide bonds. The summed E-state index contributed by atoms with van der Waals surface area (Å²) in [5.41, 5.74) is 3.24. The van der Waals surface area contributed by atoms with Gasteiger partial charge in [0.05, 0.1) is 10.7 Å². The lowest BCUT2D eigenvalue weighted by Crippen LogP contribution is -2.37. The van der Waals surface area contributed by atoms with Crippen molar-refractivity contribution in [2.45, 2.75) is 20.0 Å². The number of hydrogen-bond acceptors (Lipinski definition) is 5. The van der Waals surface area contributed by atoms with Crippen molar-refractivity contribution in [3.05, 3.63) is 86.8 Å². The molecule has 1 aliphatic heterocycles. The van der Waals surface area contributed by atoms with Gasteiger partial charge in [0.2, 0.25) is 11.9 Å². The van der Waals surface area contributed by atoms with Gasteiger partial charge in [0.25, 0.3) is 5.56 Å². The van der Waals surface area contributed by atoms with Crippen molar-refractivity contribution in [3.63, 3.8) is 0 Å². The van der Waals surface area contributed by atoms with Crippen LogP contribution in [0.4, 0.5) is 11.6 Å². The first kappa shape index (κ1) is 17.3. The van der Waals surface area contributed by atoms with Gasteiger partial charge in [-0.1, -0.05) is 53.6 Å². The Kier molecular flexibility index (Phi) is 4.41. The highest BCUT2D eigenvalue weighted by molar-refractivity contribution is 6.33. The minimum atomic E-state index is -0.521. The van der Waals surface area contributed by atoms with E-state index in [4.69, 9.17) is 16.6 Å². The molecule has 0 bridgehead atoms. The average molecular weight is 380 g/mol. The van der Waals surface area contributed by atoms with Crippen LogP contribution in [0.5, 0.6) is 0 Å². The SMILES string of the molecule is Cc1ccc([C@@H]2N=C(Nc3ccccc3Cl)Nc3nc(C)cc(=O)n32)cc1. The van der Waals surface area contributed by atoms with E-state index in [1.54, 1.807) is 17.6 Å². The van der Waals surface area contributed by atoms with E-state index in [1.807, 2.05) is 49.4 Å². The van der Waals surface area contributed by atoms with Crippen LogP contribution in [0.3, 0.4) is 0 Å². The van der Waals surface area contributed by atoms with Gasteiger partial charge >= 0.3 is 0 Å². The molecular weight excluding hydrogens is 362 g/mol. The second kappa shape index (κ2) is 6.89. The monoisotopic (exact) mass is 379 g/mol. The Morgan fingerprint density at radius 2 is 1.85 bits per heavy atom. The lowest BCUT2D eigenvalue weighted by Gasteiger charge is -2.27. The minimum absolute atomic E-state index is 0.156. The number of fused-ring (bicyclic) bond motifs is 1. The van der Waals surface area contributed by atoms with E-state index in [-0.39, 0.29) is 5.56 Å². The maximum atomic E-state index is 12.6. The van der Waals surface area contributed by atoms with Crippen molar-refractivity contribution in [2.75, 3.05) is 10.6 Å². The van der Waals surface area contributed by atoms with Gasteiger partial charge in [0.1, 0.15) is 0 Å². The second-order valence-electron chi connectivity index (χ2n) is 6.42. The molecule has 4 rings (SSSR count). The summed E-state index contributed by atoms with van der Waals surface area (Å²) >= 11 is 6.25. The van der Waals surface area contributed by atoms with Gasteiger partial charge in [-0.25, -0.2) is 9.98 Å². The average Bonchev–Trinajstić information content (AvgIpc) is 2.63. The van der Waals surface area contributed by atoms with Crippen molar-refractivity contribution in [1.29, 1.82) is 0 Å². The third-order valence-electron chi connectivity index (χ3n) is 4.31. The zero-order valence-corrected chi connectivity index (χ0v) is 15.7. The van der Waals surface area contributed by atoms with Crippen LogP contribution in [-0.2, 0) is 0 Å². The molecule has 3 aromatic rings. The van der Waals surface area contributed by atoms with Crippen LogP contribution >= 0.6 is 11.6 Å². The lowest BCUT2D eigenvalue weighted by molar-refractivity contribution is 0.577. The molecule has 0 unspecified atom stereocenters. The van der Waals surface area contributed by atoms with E-state index in [2.05, 4.69) is 15.6 Å². The second-order valence-corrected chi connectivity index (χ2v) is 6.83. The van der Waals surface area contributed by atoms with Crippen LogP contribution in [-0.4, -0.2) is 15.5 Å². The summed E-state index contributed by atoms with van der Waals surface area (Å²) in [6.45, 7) is 3.81. The van der Waals surface area contributed by atoms with Gasteiger partial charge in [-0.15, -0.1) is 0 Å². The Morgan fingerprint density at radius 1 is 1.11 bits per heavy atom. The Morgan fingerprint density at radius 3 is 2.59 bits per heavy atom. The van der Waals surface area contributed by atoms with Gasteiger partial charge in [-0.2, -0.15) is 0 Å². The molecule has 27 heavy (non-hydrogen) atoms. The van der Waals surface area contributed by atoms with E-state index < -0.39 is 6.17 Å². The van der Waals surface area contributed by atoms with Gasteiger partial charge in [0.15, 0.2) is 6.17 Å². The molecule has 2 heterocycles. The highest BCUT2D eigenvalue weighted by Gasteiger charge is 2.25. The van der Waals surface area contributed by atoms with Crippen LogP contribution in [0, 0.1) is 13.8 Å². The third-order valence-corrected chi connectivity index (χ3v) is 4.64. The van der Waals surface area contributed by atoms with E-state index in [0.29, 0.717) is 22.6 Å². The highest BCUT2D eigenvalue weighted by atomic mass is 35.5. The smallest absolute Gasteiger partial charge is 0.257 e. The summed E-state index contributed by atoms with van der Waals surface area (Å²) in [6, 6.07) is 16.9. The fourth-order valence-electron chi connectivity index (χ4n) is 2.96. The Balaban J connectivity index is 1.81. The molecule has 0 radical (unpaired) electrons. The summed E-state index contributed by atoms with van der Waals surface area (Å²) < 4.78 is 1.55. The largest absolute Gasteiger partial charge is 0.325 e. The highest BCUT2D eigenvalue weighted by Crippen LogP contribution is 2.27. The number of rotatable bonds is 2. The molecular formula is C20H18ClN5O. The summed E-state index contributed by atoms with van der Waals surface area (Å²) in [5.74, 6) is 0.918. The summed E-state index contributed by atoms with van der Waals surface area (Å²) in [5, 5.41) is 6.87. The lowest BCUT2D eigenvalue weighted by atomic mass is 10.1. The number of hydrogen-bond donors (Lipinski definition) is 2. The number of aromatic nitrogens is 2. The van der Waals surface area contributed by atoms with Gasteiger partial charge in [-0.3, -0.25) is 14.7 Å². The maximum Gasteiger partial charge on any atom is 0.257 e. The van der Waals surface area contributed by atoms with E-state index in [0.717, 1.165) is 16.8 Å². The first-order chi connectivity index (χ1) is 13.0.